The van der Waals surface area contributed by atoms with Crippen molar-refractivity contribution in [3.05, 3.63) is 78.4 Å². The van der Waals surface area contributed by atoms with E-state index in [2.05, 4.69) is 17.4 Å². The lowest BCUT2D eigenvalue weighted by Crippen LogP contribution is -2.40. The number of amides is 1. The van der Waals surface area contributed by atoms with Crippen LogP contribution in [0.2, 0.25) is 0 Å². The van der Waals surface area contributed by atoms with Crippen molar-refractivity contribution in [2.45, 2.75) is 9.79 Å². The quantitative estimate of drug-likeness (QED) is 0.312. The minimum Gasteiger partial charge on any atom is -0.495 e. The maximum Gasteiger partial charge on any atom is 0.255 e. The molecule has 1 aliphatic rings. The molecule has 0 saturated carbocycles. The normalized spacial score (nSPS) is 14.2. The lowest BCUT2D eigenvalue weighted by molar-refractivity contribution is 0.0730. The molecule has 0 radical (unpaired) electrons. The molecule has 190 valence electrons. The molecule has 0 aromatic heterocycles. The number of rotatable bonds is 10. The van der Waals surface area contributed by atoms with Crippen LogP contribution in [0.1, 0.15) is 10.4 Å². The highest BCUT2D eigenvalue weighted by Crippen LogP contribution is 2.30. The smallest absolute Gasteiger partial charge is 0.255 e. The number of nitrogens with one attached hydrogen (secondary N) is 1. The molecule has 4 rings (SSSR count). The van der Waals surface area contributed by atoms with E-state index in [0.29, 0.717) is 36.9 Å². The molecule has 1 aliphatic heterocycles. The first-order valence-corrected chi connectivity index (χ1v) is 13.9. The molecule has 1 saturated heterocycles. The zero-order valence-electron chi connectivity index (χ0n) is 19.9. The summed E-state index contributed by atoms with van der Waals surface area (Å²) < 4.78 is 43.8. The predicted octanol–water partition coefficient (Wildman–Crippen LogP) is 4.14. The largest absolute Gasteiger partial charge is 0.495 e. The number of carbonyl (C=O) groups is 1. The van der Waals surface area contributed by atoms with Crippen molar-refractivity contribution in [2.24, 2.45) is 0 Å². The molecule has 0 bridgehead atoms. The molecule has 1 amide bonds. The average Bonchev–Trinajstić information content (AvgIpc) is 2.92. The number of nitrogens with zero attached hydrogens (tertiary/aromatic N) is 1. The van der Waals surface area contributed by atoms with Crippen LogP contribution in [0.4, 0.5) is 5.69 Å². The van der Waals surface area contributed by atoms with Crippen molar-refractivity contribution in [1.82, 2.24) is 4.31 Å². The van der Waals surface area contributed by atoms with Crippen LogP contribution in [0.3, 0.4) is 0 Å². The van der Waals surface area contributed by atoms with Gasteiger partial charge in [0.1, 0.15) is 11.5 Å². The van der Waals surface area contributed by atoms with Crippen LogP contribution in [-0.2, 0) is 14.8 Å². The molecule has 8 nitrogen and oxygen atoms in total. The average molecular weight is 529 g/mol. The monoisotopic (exact) mass is 528 g/mol. The van der Waals surface area contributed by atoms with E-state index >= 15 is 0 Å². The lowest BCUT2D eigenvalue weighted by atomic mass is 10.2. The van der Waals surface area contributed by atoms with Crippen LogP contribution in [0.25, 0.3) is 0 Å². The van der Waals surface area contributed by atoms with E-state index in [1.54, 1.807) is 36.0 Å². The van der Waals surface area contributed by atoms with Gasteiger partial charge in [-0.05, 0) is 54.6 Å². The third kappa shape index (κ3) is 6.58. The second kappa shape index (κ2) is 12.3. The fourth-order valence-corrected chi connectivity index (χ4v) is 5.80. The Morgan fingerprint density at radius 1 is 1.03 bits per heavy atom. The molecule has 0 unspecified atom stereocenters. The van der Waals surface area contributed by atoms with Gasteiger partial charge in [-0.2, -0.15) is 4.31 Å². The van der Waals surface area contributed by atoms with Crippen molar-refractivity contribution in [2.75, 3.05) is 51.1 Å². The first-order chi connectivity index (χ1) is 17.5. The zero-order chi connectivity index (χ0) is 25.4. The van der Waals surface area contributed by atoms with E-state index in [0.717, 1.165) is 5.75 Å². The number of ether oxygens (including phenoxy) is 3. The number of morpholine rings is 1. The number of benzene rings is 3. The van der Waals surface area contributed by atoms with Gasteiger partial charge in [0.25, 0.3) is 5.91 Å². The Balaban J connectivity index is 1.38. The Morgan fingerprint density at radius 3 is 2.44 bits per heavy atom. The Morgan fingerprint density at radius 2 is 1.75 bits per heavy atom. The van der Waals surface area contributed by atoms with E-state index in [1.807, 2.05) is 18.2 Å². The Labute approximate surface area is 215 Å². The van der Waals surface area contributed by atoms with E-state index in [1.165, 1.54) is 34.5 Å². The van der Waals surface area contributed by atoms with E-state index in [9.17, 15) is 13.2 Å². The summed E-state index contributed by atoms with van der Waals surface area (Å²) in [6, 6.07) is 21.3. The second-order valence-electron chi connectivity index (χ2n) is 7.87. The van der Waals surface area contributed by atoms with Gasteiger partial charge in [0.2, 0.25) is 10.0 Å². The van der Waals surface area contributed by atoms with Gasteiger partial charge in [-0.15, -0.1) is 11.8 Å². The molecule has 0 aliphatic carbocycles. The number of hydrogen-bond donors (Lipinski definition) is 1. The van der Waals surface area contributed by atoms with Crippen LogP contribution < -0.4 is 14.8 Å². The van der Waals surface area contributed by atoms with Crippen LogP contribution >= 0.6 is 11.8 Å². The van der Waals surface area contributed by atoms with Gasteiger partial charge in [0, 0.05) is 29.3 Å². The molecule has 3 aromatic carbocycles. The highest BCUT2D eigenvalue weighted by molar-refractivity contribution is 7.99. The van der Waals surface area contributed by atoms with Gasteiger partial charge in [0.15, 0.2) is 0 Å². The van der Waals surface area contributed by atoms with Gasteiger partial charge in [-0.25, -0.2) is 8.42 Å². The van der Waals surface area contributed by atoms with Crippen molar-refractivity contribution >= 4 is 33.4 Å². The first-order valence-electron chi connectivity index (χ1n) is 11.5. The van der Waals surface area contributed by atoms with Crippen LogP contribution in [-0.4, -0.2) is 64.4 Å². The van der Waals surface area contributed by atoms with Gasteiger partial charge in [0.05, 0.1) is 37.5 Å². The van der Waals surface area contributed by atoms with E-state index < -0.39 is 10.0 Å². The van der Waals surface area contributed by atoms with Crippen LogP contribution in [0.15, 0.2) is 82.6 Å². The third-order valence-corrected chi connectivity index (χ3v) is 8.38. The highest BCUT2D eigenvalue weighted by atomic mass is 32.2. The molecular weight excluding hydrogens is 500 g/mol. The van der Waals surface area contributed by atoms with Gasteiger partial charge in [-0.1, -0.05) is 18.2 Å². The molecule has 1 fully saturated rings. The molecule has 1 N–H and O–H groups in total. The summed E-state index contributed by atoms with van der Waals surface area (Å²) in [5, 5.41) is 2.77. The standard InChI is InChI=1S/C26H28N2O6S2/c1-32-25-12-11-23(36(30,31)28-13-15-33-16-14-28)19-24(25)27-26(29)20-7-9-21(10-8-20)34-17-18-35-22-5-3-2-4-6-22/h2-12,19H,13-18H2,1H3,(H,27,29). The first kappa shape index (κ1) is 26.0. The molecule has 0 atom stereocenters. The molecule has 36 heavy (non-hydrogen) atoms. The Kier molecular flexibility index (Phi) is 8.87. The van der Waals surface area contributed by atoms with Crippen molar-refractivity contribution in [3.8, 4) is 11.5 Å². The topological polar surface area (TPSA) is 94.2 Å². The summed E-state index contributed by atoms with van der Waals surface area (Å²) in [5.74, 6) is 1.44. The SMILES string of the molecule is COc1ccc(S(=O)(=O)N2CCOCC2)cc1NC(=O)c1ccc(OCCSc2ccccc2)cc1. The zero-order valence-corrected chi connectivity index (χ0v) is 21.5. The fourth-order valence-electron chi connectivity index (χ4n) is 3.61. The minimum atomic E-state index is -3.72. The van der Waals surface area contributed by atoms with Gasteiger partial charge in [-0.3, -0.25) is 4.79 Å². The molecular formula is C26H28N2O6S2. The molecule has 10 heteroatoms. The number of methoxy groups -OCH3 is 1. The summed E-state index contributed by atoms with van der Waals surface area (Å²) in [5.41, 5.74) is 0.680. The third-order valence-electron chi connectivity index (χ3n) is 5.51. The number of hydrogen-bond acceptors (Lipinski definition) is 7. The maximum atomic E-state index is 13.0. The van der Waals surface area contributed by atoms with Crippen LogP contribution in [0.5, 0.6) is 11.5 Å². The van der Waals surface area contributed by atoms with Gasteiger partial charge >= 0.3 is 0 Å². The maximum absolute atomic E-state index is 13.0. The number of thioether (sulfide) groups is 1. The number of anilines is 1. The number of sulfonamides is 1. The van der Waals surface area contributed by atoms with Crippen molar-refractivity contribution in [3.63, 3.8) is 0 Å². The highest BCUT2D eigenvalue weighted by Gasteiger charge is 2.27. The lowest BCUT2D eigenvalue weighted by Gasteiger charge is -2.26. The second-order valence-corrected chi connectivity index (χ2v) is 11.0. The van der Waals surface area contributed by atoms with E-state index in [4.69, 9.17) is 14.2 Å². The Bertz CT molecular complexity index is 1260. The summed E-state index contributed by atoms with van der Waals surface area (Å²) in [6.45, 7) is 1.81. The number of carbonyl (C=O) groups excluding carboxylic acids is 1. The molecule has 0 spiro atoms. The van der Waals surface area contributed by atoms with E-state index in [-0.39, 0.29) is 29.6 Å². The Hall–Kier alpha value is -3.05. The van der Waals surface area contributed by atoms with Crippen molar-refractivity contribution in [1.29, 1.82) is 0 Å². The van der Waals surface area contributed by atoms with Crippen LogP contribution in [0, 0.1) is 0 Å². The minimum absolute atomic E-state index is 0.0811. The summed E-state index contributed by atoms with van der Waals surface area (Å²) >= 11 is 1.71. The fraction of sp³-hybridized carbons (Fsp3) is 0.269. The summed E-state index contributed by atoms with van der Waals surface area (Å²) in [7, 11) is -2.25. The molecule has 1 heterocycles. The van der Waals surface area contributed by atoms with Gasteiger partial charge < -0.3 is 19.5 Å². The summed E-state index contributed by atoms with van der Waals surface area (Å²) in [4.78, 5) is 14.2. The molecule has 3 aromatic rings. The summed E-state index contributed by atoms with van der Waals surface area (Å²) in [6.07, 6.45) is 0. The predicted molar refractivity (Wildman–Crippen MR) is 140 cm³/mol. The van der Waals surface area contributed by atoms with Crippen molar-refractivity contribution < 1.29 is 27.4 Å².